The fraction of sp³-hybridized carbons (Fsp3) is 0.571. The van der Waals surface area contributed by atoms with E-state index >= 15 is 0 Å². The Morgan fingerprint density at radius 2 is 2.45 bits per heavy atom. The van der Waals surface area contributed by atoms with Gasteiger partial charge in [0, 0.05) is 6.54 Å². The van der Waals surface area contributed by atoms with Crippen molar-refractivity contribution in [1.29, 1.82) is 0 Å². The molecule has 11 heavy (non-hydrogen) atoms. The first-order valence-corrected chi connectivity index (χ1v) is 3.53. The monoisotopic (exact) mass is 156 g/mol. The summed E-state index contributed by atoms with van der Waals surface area (Å²) in [4.78, 5) is 3.96. The van der Waals surface area contributed by atoms with Gasteiger partial charge in [0.2, 0.25) is 0 Å². The topological polar surface area (TPSA) is 61.3 Å². The molecule has 0 fully saturated rings. The molecular weight excluding hydrogens is 144 g/mol. The number of hydrogen-bond donors (Lipinski definition) is 1. The molecule has 0 aliphatic heterocycles. The van der Waals surface area contributed by atoms with Crippen molar-refractivity contribution >= 4 is 0 Å². The van der Waals surface area contributed by atoms with Crippen LogP contribution in [0.3, 0.4) is 0 Å². The van der Waals surface area contributed by atoms with Gasteiger partial charge in [-0.1, -0.05) is 0 Å². The molecule has 1 rings (SSSR count). The minimum absolute atomic E-state index is 0.0827. The Morgan fingerprint density at radius 1 is 1.73 bits per heavy atom. The number of aromatic nitrogens is 1. The van der Waals surface area contributed by atoms with Gasteiger partial charge < -0.3 is 14.9 Å². The van der Waals surface area contributed by atoms with Crippen LogP contribution >= 0.6 is 0 Å². The van der Waals surface area contributed by atoms with Crippen molar-refractivity contribution in [2.75, 3.05) is 0 Å². The van der Waals surface area contributed by atoms with Crippen molar-refractivity contribution in [2.45, 2.75) is 26.5 Å². The van der Waals surface area contributed by atoms with Gasteiger partial charge >= 0.3 is 6.08 Å². The van der Waals surface area contributed by atoms with Crippen molar-refractivity contribution in [3.63, 3.8) is 0 Å². The Labute approximate surface area is 65.4 Å². The van der Waals surface area contributed by atoms with Gasteiger partial charge in [0.05, 0.1) is 11.8 Å². The van der Waals surface area contributed by atoms with E-state index in [9.17, 15) is 0 Å². The van der Waals surface area contributed by atoms with E-state index < -0.39 is 0 Å². The summed E-state index contributed by atoms with van der Waals surface area (Å²) < 4.78 is 10.1. The number of rotatable bonds is 3. The smallest absolute Gasteiger partial charge is 0.393 e. The molecule has 0 atom stereocenters. The van der Waals surface area contributed by atoms with Crippen LogP contribution in [0.15, 0.2) is 10.7 Å². The molecule has 0 spiro atoms. The Morgan fingerprint density at radius 3 is 2.91 bits per heavy atom. The zero-order chi connectivity index (χ0) is 8.27. The van der Waals surface area contributed by atoms with Gasteiger partial charge in [-0.2, -0.15) is 4.98 Å². The second-order valence-corrected chi connectivity index (χ2v) is 2.48. The minimum Gasteiger partial charge on any atom is -0.447 e. The zero-order valence-corrected chi connectivity index (χ0v) is 6.70. The third kappa shape index (κ3) is 2.23. The first-order chi connectivity index (χ1) is 5.22. The molecule has 0 aromatic carbocycles. The Kier molecular flexibility index (Phi) is 2.48. The predicted molar refractivity (Wildman–Crippen MR) is 40.2 cm³/mol. The SMILES string of the molecule is CC(C)Oc1nc(CN)co1. The largest absolute Gasteiger partial charge is 0.447 e. The molecule has 2 N–H and O–H groups in total. The van der Waals surface area contributed by atoms with Crippen LogP contribution in [0.1, 0.15) is 19.5 Å². The van der Waals surface area contributed by atoms with Gasteiger partial charge in [0.1, 0.15) is 6.26 Å². The average Bonchev–Trinajstić information content (AvgIpc) is 2.34. The number of nitrogens with two attached hydrogens (primary N) is 1. The zero-order valence-electron chi connectivity index (χ0n) is 6.70. The Balaban J connectivity index is 2.58. The van der Waals surface area contributed by atoms with E-state index in [0.717, 1.165) is 0 Å². The molecule has 0 aliphatic rings. The molecule has 0 amide bonds. The molecule has 1 heterocycles. The van der Waals surface area contributed by atoms with E-state index in [2.05, 4.69) is 4.98 Å². The summed E-state index contributed by atoms with van der Waals surface area (Å²) in [6.07, 6.45) is 1.87. The molecule has 0 saturated carbocycles. The van der Waals surface area contributed by atoms with Gasteiger partial charge in [-0.25, -0.2) is 0 Å². The molecule has 0 unspecified atom stereocenters. The van der Waals surface area contributed by atoms with E-state index in [1.165, 1.54) is 6.26 Å². The lowest BCUT2D eigenvalue weighted by molar-refractivity contribution is 0.176. The maximum absolute atomic E-state index is 5.32. The van der Waals surface area contributed by atoms with Crippen LogP contribution in [0, 0.1) is 0 Å². The standard InChI is InChI=1S/C7H12N2O2/c1-5(2)11-7-9-6(3-8)4-10-7/h4-5H,3,8H2,1-2H3. The first-order valence-electron chi connectivity index (χ1n) is 3.53. The summed E-state index contributed by atoms with van der Waals surface area (Å²) >= 11 is 0. The molecular formula is C7H12N2O2. The average molecular weight is 156 g/mol. The molecule has 0 saturated heterocycles. The van der Waals surface area contributed by atoms with E-state index in [0.29, 0.717) is 18.3 Å². The highest BCUT2D eigenvalue weighted by molar-refractivity contribution is 4.98. The lowest BCUT2D eigenvalue weighted by atomic mass is 10.5. The van der Waals surface area contributed by atoms with Gasteiger partial charge in [0.25, 0.3) is 0 Å². The van der Waals surface area contributed by atoms with Crippen molar-refractivity contribution < 1.29 is 9.15 Å². The number of oxazole rings is 1. The summed E-state index contributed by atoms with van der Waals surface area (Å²) in [7, 11) is 0. The van der Waals surface area contributed by atoms with E-state index in [-0.39, 0.29) is 6.10 Å². The highest BCUT2D eigenvalue weighted by Crippen LogP contribution is 2.10. The van der Waals surface area contributed by atoms with Gasteiger partial charge in [-0.15, -0.1) is 0 Å². The maximum atomic E-state index is 5.32. The highest BCUT2D eigenvalue weighted by Gasteiger charge is 2.04. The highest BCUT2D eigenvalue weighted by atomic mass is 16.6. The van der Waals surface area contributed by atoms with Crippen LogP contribution in [-0.4, -0.2) is 11.1 Å². The quantitative estimate of drug-likeness (QED) is 0.706. The molecule has 4 heteroatoms. The van der Waals surface area contributed by atoms with Crippen LogP contribution in [0.4, 0.5) is 0 Å². The summed E-state index contributed by atoms with van der Waals surface area (Å²) in [5.41, 5.74) is 6.02. The van der Waals surface area contributed by atoms with Gasteiger partial charge in [-0.05, 0) is 13.8 Å². The Bertz CT molecular complexity index is 220. The van der Waals surface area contributed by atoms with E-state index in [1.54, 1.807) is 0 Å². The second-order valence-electron chi connectivity index (χ2n) is 2.48. The molecule has 62 valence electrons. The summed E-state index contributed by atoms with van der Waals surface area (Å²) in [5.74, 6) is 0. The third-order valence-electron chi connectivity index (χ3n) is 1.08. The van der Waals surface area contributed by atoms with Crippen LogP contribution in [0.25, 0.3) is 0 Å². The van der Waals surface area contributed by atoms with Crippen molar-refractivity contribution in [2.24, 2.45) is 5.73 Å². The Hall–Kier alpha value is -1.03. The van der Waals surface area contributed by atoms with Crippen LogP contribution in [0.5, 0.6) is 6.08 Å². The number of hydrogen-bond acceptors (Lipinski definition) is 4. The molecule has 0 bridgehead atoms. The first kappa shape index (κ1) is 8.07. The van der Waals surface area contributed by atoms with Crippen LogP contribution < -0.4 is 10.5 Å². The van der Waals surface area contributed by atoms with Gasteiger partial charge in [-0.3, -0.25) is 0 Å². The number of nitrogens with zero attached hydrogens (tertiary/aromatic N) is 1. The second kappa shape index (κ2) is 3.39. The minimum atomic E-state index is 0.0827. The van der Waals surface area contributed by atoms with Crippen LogP contribution in [0.2, 0.25) is 0 Å². The molecule has 0 aliphatic carbocycles. The molecule has 0 radical (unpaired) electrons. The van der Waals surface area contributed by atoms with E-state index in [1.807, 2.05) is 13.8 Å². The van der Waals surface area contributed by atoms with Gasteiger partial charge in [0.15, 0.2) is 0 Å². The lowest BCUT2D eigenvalue weighted by Gasteiger charge is -2.02. The van der Waals surface area contributed by atoms with Crippen LogP contribution in [-0.2, 0) is 6.54 Å². The van der Waals surface area contributed by atoms with Crippen molar-refractivity contribution in [1.82, 2.24) is 4.98 Å². The third-order valence-corrected chi connectivity index (χ3v) is 1.08. The van der Waals surface area contributed by atoms with E-state index in [4.69, 9.17) is 14.9 Å². The molecule has 4 nitrogen and oxygen atoms in total. The number of ether oxygens (including phenoxy) is 1. The lowest BCUT2D eigenvalue weighted by Crippen LogP contribution is -2.06. The summed E-state index contributed by atoms with van der Waals surface area (Å²) in [5, 5.41) is 0. The summed E-state index contributed by atoms with van der Waals surface area (Å²) in [6, 6.07) is 0. The van der Waals surface area contributed by atoms with Crippen molar-refractivity contribution in [3.05, 3.63) is 12.0 Å². The summed E-state index contributed by atoms with van der Waals surface area (Å²) in [6.45, 7) is 4.20. The maximum Gasteiger partial charge on any atom is 0.393 e. The fourth-order valence-corrected chi connectivity index (χ4v) is 0.638. The molecule has 1 aromatic heterocycles. The molecule has 1 aromatic rings. The normalized spacial score (nSPS) is 10.5. The van der Waals surface area contributed by atoms with Crippen molar-refractivity contribution in [3.8, 4) is 6.08 Å². The fourth-order valence-electron chi connectivity index (χ4n) is 0.638. The predicted octanol–water partition coefficient (Wildman–Crippen LogP) is 0.921.